The molecule has 0 aliphatic carbocycles. The molecule has 366 valence electrons. The Hall–Kier alpha value is -1.66. The van der Waals surface area contributed by atoms with Crippen LogP contribution in [-0.2, 0) is 14.3 Å². The lowest BCUT2D eigenvalue weighted by Gasteiger charge is -2.24. The lowest BCUT2D eigenvalue weighted by molar-refractivity contribution is -0.151. The molecule has 0 aromatic heterocycles. The number of carbonyl (C=O) groups excluding carboxylic acids is 2. The number of aliphatic hydroxyl groups excluding tert-OH is 2. The number of amides is 1. The van der Waals surface area contributed by atoms with Gasteiger partial charge in [-0.15, -0.1) is 0 Å². The monoisotopic (exact) mass is 874 g/mol. The number of carbonyl (C=O) groups is 2. The summed E-state index contributed by atoms with van der Waals surface area (Å²) in [6, 6.07) is -0.703. The second-order valence-corrected chi connectivity index (χ2v) is 19.0. The third-order valence-corrected chi connectivity index (χ3v) is 12.8. The van der Waals surface area contributed by atoms with Crippen molar-refractivity contribution in [3.8, 4) is 0 Å². The topological polar surface area (TPSA) is 95.9 Å². The molecule has 3 unspecified atom stereocenters. The Balaban J connectivity index is 4.56. The molecule has 62 heavy (non-hydrogen) atoms. The van der Waals surface area contributed by atoms with E-state index in [2.05, 4.69) is 50.4 Å². The van der Waals surface area contributed by atoms with Gasteiger partial charge >= 0.3 is 5.97 Å². The van der Waals surface area contributed by atoms with Crippen molar-refractivity contribution in [3.05, 3.63) is 24.3 Å². The van der Waals surface area contributed by atoms with E-state index in [4.69, 9.17) is 4.74 Å². The van der Waals surface area contributed by atoms with Gasteiger partial charge in [-0.1, -0.05) is 231 Å². The van der Waals surface area contributed by atoms with Crippen molar-refractivity contribution in [2.24, 2.45) is 0 Å². The largest absolute Gasteiger partial charge is 0.462 e. The number of hydrogen-bond donors (Lipinski definition) is 3. The zero-order valence-electron chi connectivity index (χ0n) is 41.8. The van der Waals surface area contributed by atoms with E-state index in [1.54, 1.807) is 0 Å². The molecule has 1 amide bonds. The van der Waals surface area contributed by atoms with Crippen molar-refractivity contribution in [2.45, 2.75) is 315 Å². The standard InChI is InChI=1S/C56H107NO5/c1-4-7-10-13-16-19-22-24-26-28-30-32-34-37-40-43-46-49-56(61)62-52(47-44-41-38-35-33-31-29-27-25-23-20-17-14-11-8-5-2)50-55(60)57-53(51-58)54(59)48-45-42-39-36-21-18-15-12-9-6-3/h24,26,31,33,52-54,58-59H,4-23,25,27-30,32,34-51H2,1-3H3,(H,57,60)/b26-24+,33-31+. The van der Waals surface area contributed by atoms with Gasteiger partial charge in [-0.05, 0) is 77.0 Å². The lowest BCUT2D eigenvalue weighted by atomic mass is 10.0. The molecule has 0 rings (SSSR count). The number of ether oxygens (including phenoxy) is 1. The zero-order valence-corrected chi connectivity index (χ0v) is 41.8. The first-order valence-electron chi connectivity index (χ1n) is 27.6. The minimum absolute atomic E-state index is 0.0695. The molecule has 0 radical (unpaired) electrons. The van der Waals surface area contributed by atoms with Crippen LogP contribution >= 0.6 is 0 Å². The van der Waals surface area contributed by atoms with Gasteiger partial charge in [-0.25, -0.2) is 0 Å². The summed E-state index contributed by atoms with van der Waals surface area (Å²) >= 11 is 0. The second kappa shape index (κ2) is 50.3. The highest BCUT2D eigenvalue weighted by atomic mass is 16.5. The van der Waals surface area contributed by atoms with Crippen LogP contribution in [0.1, 0.15) is 297 Å². The fourth-order valence-corrected chi connectivity index (χ4v) is 8.54. The molecule has 0 aromatic rings. The van der Waals surface area contributed by atoms with Gasteiger partial charge in [0.05, 0.1) is 25.2 Å². The van der Waals surface area contributed by atoms with Gasteiger partial charge < -0.3 is 20.3 Å². The normalized spacial score (nSPS) is 13.3. The summed E-state index contributed by atoms with van der Waals surface area (Å²) in [5.41, 5.74) is 0. The van der Waals surface area contributed by atoms with Crippen molar-refractivity contribution < 1.29 is 24.5 Å². The predicted octanol–water partition coefficient (Wildman–Crippen LogP) is 16.7. The summed E-state index contributed by atoms with van der Waals surface area (Å²) in [7, 11) is 0. The smallest absolute Gasteiger partial charge is 0.306 e. The molecule has 6 heteroatoms. The quantitative estimate of drug-likeness (QED) is 0.0321. The molecule has 0 fully saturated rings. The number of aliphatic hydroxyl groups is 2. The van der Waals surface area contributed by atoms with Crippen molar-refractivity contribution in [3.63, 3.8) is 0 Å². The van der Waals surface area contributed by atoms with E-state index in [1.807, 2.05) is 0 Å². The number of allylic oxidation sites excluding steroid dienone is 4. The Morgan fingerprint density at radius 1 is 0.452 bits per heavy atom. The molecule has 0 saturated carbocycles. The van der Waals surface area contributed by atoms with Gasteiger partial charge in [-0.2, -0.15) is 0 Å². The number of hydrogen-bond acceptors (Lipinski definition) is 5. The summed E-state index contributed by atoms with van der Waals surface area (Å²) < 4.78 is 5.94. The van der Waals surface area contributed by atoms with Crippen molar-refractivity contribution in [1.29, 1.82) is 0 Å². The molecule has 0 spiro atoms. The average molecular weight is 874 g/mol. The van der Waals surface area contributed by atoms with Crippen LogP contribution in [0, 0.1) is 0 Å². The van der Waals surface area contributed by atoms with Crippen LogP contribution in [0.3, 0.4) is 0 Å². The Morgan fingerprint density at radius 3 is 1.16 bits per heavy atom. The minimum atomic E-state index is -0.788. The minimum Gasteiger partial charge on any atom is -0.462 e. The number of rotatable bonds is 50. The SMILES string of the molecule is CCCCCCCC/C=C/CCCCCCCCCC(=O)OC(CCCCC/C=C/CCCCCCCCCCC)CC(=O)NC(CO)C(O)CCCCCCCCCCCC. The molecular weight excluding hydrogens is 767 g/mol. The first-order chi connectivity index (χ1) is 30.5. The fourth-order valence-electron chi connectivity index (χ4n) is 8.54. The molecule has 0 saturated heterocycles. The highest BCUT2D eigenvalue weighted by Gasteiger charge is 2.24. The van der Waals surface area contributed by atoms with Crippen LogP contribution in [-0.4, -0.2) is 46.9 Å². The van der Waals surface area contributed by atoms with Crippen LogP contribution < -0.4 is 5.32 Å². The van der Waals surface area contributed by atoms with Gasteiger partial charge in [0.25, 0.3) is 0 Å². The van der Waals surface area contributed by atoms with Gasteiger partial charge in [0, 0.05) is 6.42 Å². The van der Waals surface area contributed by atoms with Gasteiger partial charge in [0.15, 0.2) is 0 Å². The zero-order chi connectivity index (χ0) is 45.2. The van der Waals surface area contributed by atoms with E-state index in [1.165, 1.54) is 186 Å². The first-order valence-corrected chi connectivity index (χ1v) is 27.6. The summed E-state index contributed by atoms with van der Waals surface area (Å²) in [6.07, 6.45) is 58.1. The van der Waals surface area contributed by atoms with Crippen molar-refractivity contribution >= 4 is 11.9 Å². The molecule has 0 aliphatic rings. The van der Waals surface area contributed by atoms with Crippen LogP contribution in [0.4, 0.5) is 0 Å². The first kappa shape index (κ1) is 60.3. The number of unbranched alkanes of at least 4 members (excludes halogenated alkanes) is 34. The molecule has 3 N–H and O–H groups in total. The van der Waals surface area contributed by atoms with E-state index in [0.29, 0.717) is 19.3 Å². The Labute approximate surface area is 386 Å². The van der Waals surface area contributed by atoms with Crippen LogP contribution in [0.5, 0.6) is 0 Å². The Morgan fingerprint density at radius 2 is 0.774 bits per heavy atom. The Bertz CT molecular complexity index is 981. The van der Waals surface area contributed by atoms with Crippen molar-refractivity contribution in [2.75, 3.05) is 6.61 Å². The summed E-state index contributed by atoms with van der Waals surface area (Å²) in [5, 5.41) is 23.8. The van der Waals surface area contributed by atoms with Crippen LogP contribution in [0.15, 0.2) is 24.3 Å². The average Bonchev–Trinajstić information content (AvgIpc) is 3.26. The predicted molar refractivity (Wildman–Crippen MR) is 269 cm³/mol. The molecule has 0 aromatic carbocycles. The molecule has 3 atom stereocenters. The number of esters is 1. The van der Waals surface area contributed by atoms with E-state index in [-0.39, 0.29) is 24.9 Å². The fraction of sp³-hybridized carbons (Fsp3) is 0.893. The maximum Gasteiger partial charge on any atom is 0.306 e. The van der Waals surface area contributed by atoms with Gasteiger partial charge in [0.2, 0.25) is 5.91 Å². The van der Waals surface area contributed by atoms with Gasteiger partial charge in [0.1, 0.15) is 6.10 Å². The molecule has 0 heterocycles. The Kier molecular flexibility index (Phi) is 49.0. The maximum absolute atomic E-state index is 13.2. The van der Waals surface area contributed by atoms with E-state index in [0.717, 1.165) is 64.2 Å². The number of nitrogens with one attached hydrogen (secondary N) is 1. The molecule has 0 aliphatic heterocycles. The van der Waals surface area contributed by atoms with Crippen LogP contribution in [0.25, 0.3) is 0 Å². The summed E-state index contributed by atoms with van der Waals surface area (Å²) in [4.78, 5) is 26.2. The van der Waals surface area contributed by atoms with E-state index in [9.17, 15) is 19.8 Å². The third-order valence-electron chi connectivity index (χ3n) is 12.8. The highest BCUT2D eigenvalue weighted by molar-refractivity contribution is 5.77. The maximum atomic E-state index is 13.2. The van der Waals surface area contributed by atoms with Crippen molar-refractivity contribution in [1.82, 2.24) is 5.32 Å². The van der Waals surface area contributed by atoms with Gasteiger partial charge in [-0.3, -0.25) is 9.59 Å². The highest BCUT2D eigenvalue weighted by Crippen LogP contribution is 2.18. The third kappa shape index (κ3) is 44.9. The molecule has 0 bridgehead atoms. The molecule has 6 nitrogen and oxygen atoms in total. The molecular formula is C56H107NO5. The summed E-state index contributed by atoms with van der Waals surface area (Å²) in [5.74, 6) is -0.480. The van der Waals surface area contributed by atoms with Crippen LogP contribution in [0.2, 0.25) is 0 Å². The lowest BCUT2D eigenvalue weighted by Crippen LogP contribution is -2.46. The summed E-state index contributed by atoms with van der Waals surface area (Å²) in [6.45, 7) is 6.49. The second-order valence-electron chi connectivity index (χ2n) is 19.0. The van der Waals surface area contributed by atoms with E-state index >= 15 is 0 Å². The van der Waals surface area contributed by atoms with E-state index < -0.39 is 18.2 Å².